The number of morpholine rings is 1. The SMILES string of the molecule is Fc1cccc(NC(=S)N2CCCCC2CCN2CCOCC2)c1. The molecule has 6 heteroatoms. The molecule has 2 saturated heterocycles. The minimum Gasteiger partial charge on any atom is -0.379 e. The van der Waals surface area contributed by atoms with Crippen LogP contribution in [0.4, 0.5) is 10.1 Å². The van der Waals surface area contributed by atoms with Gasteiger partial charge in [0.1, 0.15) is 5.82 Å². The van der Waals surface area contributed by atoms with Crippen LogP contribution in [0.15, 0.2) is 24.3 Å². The summed E-state index contributed by atoms with van der Waals surface area (Å²) in [7, 11) is 0. The lowest BCUT2D eigenvalue weighted by molar-refractivity contribution is 0.0338. The Labute approximate surface area is 149 Å². The molecule has 3 rings (SSSR count). The van der Waals surface area contributed by atoms with Gasteiger partial charge < -0.3 is 15.0 Å². The zero-order valence-corrected chi connectivity index (χ0v) is 14.9. The summed E-state index contributed by atoms with van der Waals surface area (Å²) in [6.07, 6.45) is 4.71. The van der Waals surface area contributed by atoms with Gasteiger partial charge in [-0.2, -0.15) is 0 Å². The summed E-state index contributed by atoms with van der Waals surface area (Å²) in [5.74, 6) is -0.245. The number of piperidine rings is 1. The van der Waals surface area contributed by atoms with Gasteiger partial charge in [-0.1, -0.05) is 6.07 Å². The van der Waals surface area contributed by atoms with E-state index in [0.717, 1.165) is 51.5 Å². The molecule has 0 saturated carbocycles. The average molecular weight is 351 g/mol. The summed E-state index contributed by atoms with van der Waals surface area (Å²) in [6.45, 7) is 5.81. The molecule has 0 spiro atoms. The Morgan fingerprint density at radius 3 is 2.88 bits per heavy atom. The van der Waals surface area contributed by atoms with Crippen LogP contribution in [-0.2, 0) is 4.74 Å². The maximum atomic E-state index is 13.4. The number of likely N-dealkylation sites (tertiary alicyclic amines) is 1. The molecule has 0 aliphatic carbocycles. The second kappa shape index (κ2) is 8.74. The van der Waals surface area contributed by atoms with Gasteiger partial charge in [-0.25, -0.2) is 4.39 Å². The molecule has 1 aromatic rings. The van der Waals surface area contributed by atoms with Gasteiger partial charge >= 0.3 is 0 Å². The highest BCUT2D eigenvalue weighted by atomic mass is 32.1. The third-order valence-corrected chi connectivity index (χ3v) is 5.18. The number of halogens is 1. The van der Waals surface area contributed by atoms with Gasteiger partial charge in [-0.3, -0.25) is 4.90 Å². The second-order valence-corrected chi connectivity index (χ2v) is 6.91. The largest absolute Gasteiger partial charge is 0.379 e. The highest BCUT2D eigenvalue weighted by Gasteiger charge is 2.25. The number of hydrogen-bond donors (Lipinski definition) is 1. The molecular weight excluding hydrogens is 325 g/mol. The Bertz CT molecular complexity index is 551. The Kier molecular flexibility index (Phi) is 6.40. The average Bonchev–Trinajstić information content (AvgIpc) is 2.61. The quantitative estimate of drug-likeness (QED) is 0.842. The first-order valence-electron chi connectivity index (χ1n) is 8.86. The first-order chi connectivity index (χ1) is 11.7. The highest BCUT2D eigenvalue weighted by molar-refractivity contribution is 7.80. The van der Waals surface area contributed by atoms with E-state index in [1.165, 1.54) is 31.4 Å². The van der Waals surface area contributed by atoms with Crippen LogP contribution in [0, 0.1) is 5.82 Å². The third kappa shape index (κ3) is 4.88. The molecule has 0 radical (unpaired) electrons. The van der Waals surface area contributed by atoms with Crippen LogP contribution in [0.5, 0.6) is 0 Å². The van der Waals surface area contributed by atoms with Gasteiger partial charge in [-0.15, -0.1) is 0 Å². The molecule has 2 fully saturated rings. The number of anilines is 1. The fraction of sp³-hybridized carbons (Fsp3) is 0.611. The fourth-order valence-corrected chi connectivity index (χ4v) is 3.84. The second-order valence-electron chi connectivity index (χ2n) is 6.53. The van der Waals surface area contributed by atoms with Gasteiger partial charge in [0.05, 0.1) is 13.2 Å². The normalized spacial score (nSPS) is 22.4. The van der Waals surface area contributed by atoms with E-state index < -0.39 is 0 Å². The van der Waals surface area contributed by atoms with Gasteiger partial charge in [0.25, 0.3) is 0 Å². The van der Waals surface area contributed by atoms with Crippen molar-refractivity contribution in [3.63, 3.8) is 0 Å². The Hall–Kier alpha value is -1.24. The summed E-state index contributed by atoms with van der Waals surface area (Å²) in [6, 6.07) is 6.95. The molecule has 2 aliphatic heterocycles. The summed E-state index contributed by atoms with van der Waals surface area (Å²) < 4.78 is 18.8. The number of nitrogens with one attached hydrogen (secondary N) is 1. The van der Waals surface area contributed by atoms with Crippen LogP contribution in [0.2, 0.25) is 0 Å². The minimum atomic E-state index is -0.245. The van der Waals surface area contributed by atoms with Gasteiger partial charge in [0.15, 0.2) is 5.11 Å². The van der Waals surface area contributed by atoms with E-state index >= 15 is 0 Å². The summed E-state index contributed by atoms with van der Waals surface area (Å²) in [5, 5.41) is 3.92. The molecule has 0 amide bonds. The van der Waals surface area contributed by atoms with Gasteiger partial charge in [0, 0.05) is 37.9 Å². The first kappa shape index (κ1) is 17.6. The molecule has 2 heterocycles. The minimum absolute atomic E-state index is 0.245. The van der Waals surface area contributed by atoms with Gasteiger partial charge in [-0.05, 0) is 56.1 Å². The lowest BCUT2D eigenvalue weighted by Gasteiger charge is -2.39. The Balaban J connectivity index is 1.55. The van der Waals surface area contributed by atoms with Crippen LogP contribution in [-0.4, -0.2) is 60.3 Å². The number of benzene rings is 1. The molecule has 2 aliphatic rings. The summed E-state index contributed by atoms with van der Waals surface area (Å²) in [4.78, 5) is 4.77. The van der Waals surface area contributed by atoms with Gasteiger partial charge in [0.2, 0.25) is 0 Å². The van der Waals surface area contributed by atoms with Crippen molar-refractivity contribution in [2.24, 2.45) is 0 Å². The van der Waals surface area contributed by atoms with E-state index in [9.17, 15) is 4.39 Å². The van der Waals surface area contributed by atoms with Crippen LogP contribution in [0.3, 0.4) is 0 Å². The van der Waals surface area contributed by atoms with Crippen LogP contribution >= 0.6 is 12.2 Å². The molecule has 1 unspecified atom stereocenters. The molecule has 1 aromatic carbocycles. The summed E-state index contributed by atoms with van der Waals surface area (Å²) in [5.41, 5.74) is 0.720. The van der Waals surface area contributed by atoms with Crippen LogP contribution < -0.4 is 5.32 Å². The number of thiocarbonyl (C=S) groups is 1. The van der Waals surface area contributed by atoms with E-state index in [1.807, 2.05) is 6.07 Å². The smallest absolute Gasteiger partial charge is 0.173 e. The van der Waals surface area contributed by atoms with Crippen molar-refractivity contribution in [1.82, 2.24) is 9.80 Å². The molecular formula is C18H26FN3OS. The molecule has 132 valence electrons. The number of hydrogen-bond acceptors (Lipinski definition) is 3. The monoisotopic (exact) mass is 351 g/mol. The molecule has 0 aromatic heterocycles. The zero-order chi connectivity index (χ0) is 16.8. The van der Waals surface area contributed by atoms with Crippen LogP contribution in [0.25, 0.3) is 0 Å². The fourth-order valence-electron chi connectivity index (χ4n) is 3.49. The van der Waals surface area contributed by atoms with E-state index in [-0.39, 0.29) is 5.82 Å². The standard InChI is InChI=1S/C18H26FN3OS/c19-15-4-3-5-16(14-15)20-18(24)22-8-2-1-6-17(22)7-9-21-10-12-23-13-11-21/h3-5,14,17H,1-2,6-13H2,(H,20,24). The van der Waals surface area contributed by atoms with E-state index in [2.05, 4.69) is 15.1 Å². The van der Waals surface area contributed by atoms with Crippen molar-refractivity contribution >= 4 is 23.0 Å². The van der Waals surface area contributed by atoms with Crippen molar-refractivity contribution < 1.29 is 9.13 Å². The van der Waals surface area contributed by atoms with Crippen molar-refractivity contribution in [2.75, 3.05) is 44.7 Å². The maximum Gasteiger partial charge on any atom is 0.173 e. The Morgan fingerprint density at radius 2 is 2.08 bits per heavy atom. The number of ether oxygens (including phenoxy) is 1. The van der Waals surface area contributed by atoms with E-state index in [4.69, 9.17) is 17.0 Å². The van der Waals surface area contributed by atoms with E-state index in [0.29, 0.717) is 11.2 Å². The van der Waals surface area contributed by atoms with Crippen LogP contribution in [0.1, 0.15) is 25.7 Å². The van der Waals surface area contributed by atoms with Crippen molar-refractivity contribution in [1.29, 1.82) is 0 Å². The third-order valence-electron chi connectivity index (χ3n) is 4.85. The Morgan fingerprint density at radius 1 is 1.25 bits per heavy atom. The lowest BCUT2D eigenvalue weighted by Crippen LogP contribution is -2.47. The first-order valence-corrected chi connectivity index (χ1v) is 9.26. The zero-order valence-electron chi connectivity index (χ0n) is 14.0. The predicted octanol–water partition coefficient (Wildman–Crippen LogP) is 3.10. The highest BCUT2D eigenvalue weighted by Crippen LogP contribution is 2.22. The molecule has 0 bridgehead atoms. The van der Waals surface area contributed by atoms with Crippen molar-refractivity contribution in [3.05, 3.63) is 30.1 Å². The lowest BCUT2D eigenvalue weighted by atomic mass is 9.99. The van der Waals surface area contributed by atoms with E-state index in [1.54, 1.807) is 6.07 Å². The summed E-state index contributed by atoms with van der Waals surface area (Å²) >= 11 is 5.61. The molecule has 1 N–H and O–H groups in total. The molecule has 24 heavy (non-hydrogen) atoms. The van der Waals surface area contributed by atoms with Crippen molar-refractivity contribution in [3.8, 4) is 0 Å². The molecule has 1 atom stereocenters. The van der Waals surface area contributed by atoms with Crippen molar-refractivity contribution in [2.45, 2.75) is 31.7 Å². The predicted molar refractivity (Wildman–Crippen MR) is 98.8 cm³/mol. The topological polar surface area (TPSA) is 27.7 Å². The maximum absolute atomic E-state index is 13.4. The number of nitrogens with zero attached hydrogens (tertiary/aromatic N) is 2. The number of rotatable bonds is 4. The molecule has 4 nitrogen and oxygen atoms in total.